The normalized spacial score (nSPS) is 23.8. The molecule has 2 bridgehead atoms. The van der Waals surface area contributed by atoms with Crippen LogP contribution in [0, 0.1) is 11.8 Å². The van der Waals surface area contributed by atoms with E-state index in [-0.39, 0.29) is 23.3 Å². The Hall–Kier alpha value is -3.18. The molecule has 0 radical (unpaired) electrons. The van der Waals surface area contributed by atoms with Crippen LogP contribution in [-0.4, -0.2) is 34.1 Å². The van der Waals surface area contributed by atoms with E-state index < -0.39 is 29.2 Å². The van der Waals surface area contributed by atoms with Crippen molar-refractivity contribution in [1.29, 1.82) is 0 Å². The van der Waals surface area contributed by atoms with Gasteiger partial charge in [0.05, 0.1) is 22.7 Å². The Morgan fingerprint density at radius 2 is 1.74 bits per heavy atom. The fourth-order valence-electron chi connectivity index (χ4n) is 5.83. The second kappa shape index (κ2) is 10.4. The van der Waals surface area contributed by atoms with Gasteiger partial charge in [0.25, 0.3) is 0 Å². The molecule has 4 heterocycles. The summed E-state index contributed by atoms with van der Waals surface area (Å²) in [6.07, 6.45) is -4.37. The number of para-hydroxylation sites is 1. The van der Waals surface area contributed by atoms with Gasteiger partial charge in [-0.2, -0.15) is 26.3 Å². The second-order valence-electron chi connectivity index (χ2n) is 10.0. The van der Waals surface area contributed by atoms with Gasteiger partial charge in [-0.15, -0.1) is 6.58 Å². The zero-order valence-corrected chi connectivity index (χ0v) is 21.5. The molecule has 3 fully saturated rings. The lowest BCUT2D eigenvalue weighted by atomic mass is 9.73. The second-order valence-corrected chi connectivity index (χ2v) is 10.4. The number of hydrogen-bond acceptors (Lipinski definition) is 3. The summed E-state index contributed by atoms with van der Waals surface area (Å²) in [5.41, 5.74) is -1.55. The summed E-state index contributed by atoms with van der Waals surface area (Å²) < 4.78 is 80.3. The Labute approximate surface area is 227 Å². The monoisotopic (exact) mass is 564 g/mol. The van der Waals surface area contributed by atoms with Crippen molar-refractivity contribution in [2.45, 2.75) is 37.3 Å². The van der Waals surface area contributed by atoms with Crippen LogP contribution in [0.25, 0.3) is 10.9 Å². The molecule has 1 aromatic heterocycles. The number of fused-ring (bicyclic) bond motifs is 4. The van der Waals surface area contributed by atoms with Gasteiger partial charge >= 0.3 is 12.4 Å². The third-order valence-corrected chi connectivity index (χ3v) is 7.91. The minimum Gasteiger partial charge on any atom is -0.354 e. The molecule has 6 rings (SSSR count). The maximum absolute atomic E-state index is 13.4. The lowest BCUT2D eigenvalue weighted by Gasteiger charge is -2.52. The van der Waals surface area contributed by atoms with E-state index in [9.17, 15) is 26.3 Å². The van der Waals surface area contributed by atoms with Gasteiger partial charge < -0.3 is 10.6 Å². The average Bonchev–Trinajstić information content (AvgIpc) is 2.90. The Kier molecular flexibility index (Phi) is 7.32. The van der Waals surface area contributed by atoms with Crippen LogP contribution in [0.3, 0.4) is 0 Å². The molecule has 3 aliphatic rings. The van der Waals surface area contributed by atoms with Crippen molar-refractivity contribution in [3.63, 3.8) is 0 Å². The van der Waals surface area contributed by atoms with Gasteiger partial charge in [0.1, 0.15) is 0 Å². The summed E-state index contributed by atoms with van der Waals surface area (Å²) in [6.45, 7) is 5.68. The number of alkyl halides is 6. The quantitative estimate of drug-likeness (QED) is 0.195. The highest BCUT2D eigenvalue weighted by Gasteiger charge is 2.43. The van der Waals surface area contributed by atoms with Crippen LogP contribution >= 0.6 is 12.2 Å². The molecular weight excluding hydrogens is 538 g/mol. The molecule has 1 unspecified atom stereocenters. The van der Waals surface area contributed by atoms with Crippen molar-refractivity contribution < 1.29 is 26.3 Å². The van der Waals surface area contributed by atoms with E-state index in [1.807, 2.05) is 36.4 Å². The zero-order valence-electron chi connectivity index (χ0n) is 20.7. The van der Waals surface area contributed by atoms with Crippen LogP contribution in [0.4, 0.5) is 32.0 Å². The van der Waals surface area contributed by atoms with Gasteiger partial charge in [-0.1, -0.05) is 24.3 Å². The van der Waals surface area contributed by atoms with Gasteiger partial charge in [-0.3, -0.25) is 9.88 Å². The number of anilines is 1. The summed E-state index contributed by atoms with van der Waals surface area (Å²) in [4.78, 5) is 6.79. The Bertz CT molecular complexity index is 1350. The van der Waals surface area contributed by atoms with E-state index in [1.54, 1.807) is 6.20 Å². The van der Waals surface area contributed by atoms with Crippen molar-refractivity contribution in [2.24, 2.45) is 11.8 Å². The van der Waals surface area contributed by atoms with Gasteiger partial charge in [-0.25, -0.2) is 0 Å². The molecule has 3 aliphatic heterocycles. The average molecular weight is 565 g/mol. The standard InChI is InChI=1S/C28H26F6N4S/c1-2-16-15-38-10-8-17(16)11-24(38)25(22-7-9-35-23-6-4-3-5-21(22)23)37-26(39)36-20-13-18(27(29,30)31)12-19(14-20)28(32,33)34/h2-7,9,12-14,16-17,24-25H,1,8,10-11,15H2,(H2,36,37,39)/t16-,17-,24-,25-/m0/s1. The number of piperidine rings is 3. The first-order valence-corrected chi connectivity index (χ1v) is 12.9. The molecule has 0 aliphatic carbocycles. The summed E-state index contributed by atoms with van der Waals surface area (Å²) in [5.74, 6) is 0.787. The first-order valence-electron chi connectivity index (χ1n) is 12.5. The first kappa shape index (κ1) is 27.4. The molecule has 11 heteroatoms. The minimum absolute atomic E-state index is 0.00208. The van der Waals surface area contributed by atoms with Crippen LogP contribution < -0.4 is 10.6 Å². The largest absolute Gasteiger partial charge is 0.416 e. The van der Waals surface area contributed by atoms with Crippen molar-refractivity contribution in [3.05, 3.63) is 84.1 Å². The van der Waals surface area contributed by atoms with E-state index in [0.717, 1.165) is 42.4 Å². The Morgan fingerprint density at radius 3 is 2.36 bits per heavy atom. The summed E-state index contributed by atoms with van der Waals surface area (Å²) in [7, 11) is 0. The number of aromatic nitrogens is 1. The van der Waals surface area contributed by atoms with Gasteiger partial charge in [0.15, 0.2) is 5.11 Å². The lowest BCUT2D eigenvalue weighted by molar-refractivity contribution is -0.143. The third-order valence-electron chi connectivity index (χ3n) is 7.69. The van der Waals surface area contributed by atoms with Crippen LogP contribution in [0.1, 0.15) is 35.6 Å². The highest BCUT2D eigenvalue weighted by molar-refractivity contribution is 7.80. The number of nitrogens with zero attached hydrogens (tertiary/aromatic N) is 2. The Morgan fingerprint density at radius 1 is 1.05 bits per heavy atom. The van der Waals surface area contributed by atoms with Crippen LogP contribution in [-0.2, 0) is 12.4 Å². The highest BCUT2D eigenvalue weighted by atomic mass is 32.1. The molecule has 5 atom stereocenters. The zero-order chi connectivity index (χ0) is 27.9. The smallest absolute Gasteiger partial charge is 0.354 e. The number of pyridine rings is 1. The number of benzene rings is 2. The summed E-state index contributed by atoms with van der Waals surface area (Å²) in [6, 6.07) is 10.4. The SMILES string of the molecule is C=C[C@H]1CN2CC[C@H]1C[C@H]2[C@@H](NC(=S)Nc1cc(C(F)(F)F)cc(C(F)(F)F)c1)c1ccnc2ccccc12. The van der Waals surface area contributed by atoms with Crippen LogP contribution in [0.15, 0.2) is 67.4 Å². The molecule has 4 nitrogen and oxygen atoms in total. The van der Waals surface area contributed by atoms with Crippen LogP contribution in [0.5, 0.6) is 0 Å². The van der Waals surface area contributed by atoms with Gasteiger partial charge in [0, 0.05) is 29.9 Å². The van der Waals surface area contributed by atoms with E-state index in [2.05, 4.69) is 27.1 Å². The molecule has 0 spiro atoms. The van der Waals surface area contributed by atoms with Gasteiger partial charge in [-0.05, 0) is 79.3 Å². The fourth-order valence-corrected chi connectivity index (χ4v) is 6.07. The molecule has 2 aromatic carbocycles. The van der Waals surface area contributed by atoms with E-state index in [1.165, 1.54) is 0 Å². The number of hydrogen-bond donors (Lipinski definition) is 2. The van der Waals surface area contributed by atoms with Crippen molar-refractivity contribution >= 4 is 33.9 Å². The number of halogens is 6. The van der Waals surface area contributed by atoms with E-state index >= 15 is 0 Å². The molecule has 39 heavy (non-hydrogen) atoms. The number of thiocarbonyl (C=S) groups is 1. The maximum atomic E-state index is 13.4. The molecule has 2 N–H and O–H groups in total. The first-order chi connectivity index (χ1) is 18.4. The molecule has 0 saturated carbocycles. The molecule has 3 saturated heterocycles. The Balaban J connectivity index is 1.48. The molecule has 0 amide bonds. The molecular formula is C28H26F6N4S. The van der Waals surface area contributed by atoms with Crippen molar-refractivity contribution in [3.8, 4) is 0 Å². The number of nitrogens with one attached hydrogen (secondary N) is 2. The predicted octanol–water partition coefficient (Wildman–Crippen LogP) is 7.20. The highest BCUT2D eigenvalue weighted by Crippen LogP contribution is 2.42. The van der Waals surface area contributed by atoms with E-state index in [0.29, 0.717) is 24.0 Å². The summed E-state index contributed by atoms with van der Waals surface area (Å²) in [5, 5.41) is 6.65. The predicted molar refractivity (Wildman–Crippen MR) is 142 cm³/mol. The topological polar surface area (TPSA) is 40.2 Å². The minimum atomic E-state index is -4.96. The fraction of sp³-hybridized carbons (Fsp3) is 0.357. The lowest BCUT2D eigenvalue weighted by Crippen LogP contribution is -2.57. The van der Waals surface area contributed by atoms with Crippen LogP contribution in [0.2, 0.25) is 0 Å². The number of rotatable bonds is 5. The summed E-state index contributed by atoms with van der Waals surface area (Å²) >= 11 is 5.47. The van der Waals surface area contributed by atoms with Gasteiger partial charge in [0.2, 0.25) is 0 Å². The molecule has 3 aromatic rings. The maximum Gasteiger partial charge on any atom is 0.416 e. The third kappa shape index (κ3) is 5.74. The molecule has 206 valence electrons. The van der Waals surface area contributed by atoms with E-state index in [4.69, 9.17) is 12.2 Å². The van der Waals surface area contributed by atoms with Crippen molar-refractivity contribution in [1.82, 2.24) is 15.2 Å². The van der Waals surface area contributed by atoms with Crippen molar-refractivity contribution in [2.75, 3.05) is 18.4 Å².